The molecule has 0 radical (unpaired) electrons. The van der Waals surface area contributed by atoms with Gasteiger partial charge in [-0.05, 0) is 13.5 Å². The molecule has 0 aliphatic rings. The fraction of sp³-hybridized carbons (Fsp3) is 0.333. The third-order valence-corrected chi connectivity index (χ3v) is 3.92. The summed E-state index contributed by atoms with van der Waals surface area (Å²) in [5.41, 5.74) is 1.04. The number of halogens is 2. The van der Waals surface area contributed by atoms with Gasteiger partial charge >= 0.3 is 0 Å². The van der Waals surface area contributed by atoms with Crippen molar-refractivity contribution in [3.8, 4) is 10.6 Å². The highest BCUT2D eigenvalue weighted by Crippen LogP contribution is 2.24. The van der Waals surface area contributed by atoms with E-state index in [1.54, 1.807) is 6.20 Å². The molecule has 0 aliphatic heterocycles. The number of carbonyl (C=O) groups is 1. The number of benzene rings is 1. The van der Waals surface area contributed by atoms with Crippen LogP contribution in [-0.4, -0.2) is 30.0 Å². The molecule has 2 N–H and O–H groups in total. The predicted molar refractivity (Wildman–Crippen MR) is 97.5 cm³/mol. The molecule has 1 aromatic heterocycles. The first kappa shape index (κ1) is 20.9. The fourth-order valence-corrected chi connectivity index (χ4v) is 2.68. The van der Waals surface area contributed by atoms with Crippen LogP contribution >= 0.6 is 36.2 Å². The second kappa shape index (κ2) is 10.6. The van der Waals surface area contributed by atoms with E-state index < -0.39 is 0 Å². The molecule has 2 aromatic rings. The van der Waals surface area contributed by atoms with Gasteiger partial charge in [0.2, 0.25) is 0 Å². The smallest absolute Gasteiger partial charge is 0.263 e. The molecule has 0 saturated carbocycles. The number of thiazole rings is 1. The topological polar surface area (TPSA) is 54.0 Å². The average Bonchev–Trinajstić information content (AvgIpc) is 2.96. The number of hydrogen-bond donors (Lipinski definition) is 2. The summed E-state index contributed by atoms with van der Waals surface area (Å²) in [6, 6.07) is 10.2. The largest absolute Gasteiger partial charge is 0.350 e. The monoisotopic (exact) mass is 361 g/mol. The molecule has 4 nitrogen and oxygen atoms in total. The van der Waals surface area contributed by atoms with Crippen molar-refractivity contribution in [1.82, 2.24) is 15.6 Å². The molecule has 22 heavy (non-hydrogen) atoms. The molecular weight excluding hydrogens is 341 g/mol. The number of hydrogen-bond acceptors (Lipinski definition) is 4. The summed E-state index contributed by atoms with van der Waals surface area (Å²) in [5.74, 6) is -0.0607. The van der Waals surface area contributed by atoms with Crippen molar-refractivity contribution in [1.29, 1.82) is 0 Å². The molecule has 2 rings (SSSR count). The first-order chi connectivity index (χ1) is 9.70. The first-order valence-electron chi connectivity index (χ1n) is 6.73. The summed E-state index contributed by atoms with van der Waals surface area (Å²) in [7, 11) is 0. The van der Waals surface area contributed by atoms with Crippen molar-refractivity contribution in [3.63, 3.8) is 0 Å². The third-order valence-electron chi connectivity index (χ3n) is 2.87. The van der Waals surface area contributed by atoms with Gasteiger partial charge < -0.3 is 10.6 Å². The van der Waals surface area contributed by atoms with E-state index >= 15 is 0 Å². The second-order valence-corrected chi connectivity index (χ2v) is 5.60. The molecule has 1 aromatic carbocycles. The Labute approximate surface area is 147 Å². The number of rotatable bonds is 6. The molecule has 7 heteroatoms. The van der Waals surface area contributed by atoms with Gasteiger partial charge in [-0.15, -0.1) is 36.2 Å². The molecule has 1 heterocycles. The molecule has 0 bridgehead atoms. The number of carbonyl (C=O) groups excluding carboxylic acids is 1. The summed E-state index contributed by atoms with van der Waals surface area (Å²) < 4.78 is 0. The normalized spacial score (nSPS) is 11.0. The van der Waals surface area contributed by atoms with Gasteiger partial charge in [-0.1, -0.05) is 37.3 Å². The van der Waals surface area contributed by atoms with Crippen LogP contribution in [0.5, 0.6) is 0 Å². The minimum absolute atomic E-state index is 0. The third kappa shape index (κ3) is 5.93. The quantitative estimate of drug-likeness (QED) is 0.828. The van der Waals surface area contributed by atoms with Crippen LogP contribution in [0.1, 0.15) is 23.5 Å². The zero-order valence-corrected chi connectivity index (χ0v) is 15.0. The van der Waals surface area contributed by atoms with Crippen LogP contribution in [0.15, 0.2) is 36.5 Å². The van der Waals surface area contributed by atoms with Crippen molar-refractivity contribution in [2.45, 2.75) is 19.9 Å². The van der Waals surface area contributed by atoms with Crippen LogP contribution in [0.25, 0.3) is 10.6 Å². The van der Waals surface area contributed by atoms with Gasteiger partial charge in [0, 0.05) is 18.2 Å². The van der Waals surface area contributed by atoms with Crippen LogP contribution in [0.2, 0.25) is 0 Å². The van der Waals surface area contributed by atoms with E-state index in [9.17, 15) is 4.79 Å². The summed E-state index contributed by atoms with van der Waals surface area (Å²) in [6.45, 7) is 5.61. The molecule has 0 spiro atoms. The SMILES string of the molecule is CCN[C@H](C)CNC(=O)c1cnc(-c2ccccc2)s1.Cl.Cl. The van der Waals surface area contributed by atoms with E-state index in [-0.39, 0.29) is 36.8 Å². The van der Waals surface area contributed by atoms with E-state index in [1.807, 2.05) is 44.2 Å². The Balaban J connectivity index is 0.00000220. The maximum atomic E-state index is 12.0. The van der Waals surface area contributed by atoms with E-state index in [4.69, 9.17) is 0 Å². The van der Waals surface area contributed by atoms with Crippen LogP contribution in [0.4, 0.5) is 0 Å². The molecule has 122 valence electrons. The molecule has 0 saturated heterocycles. The number of aromatic nitrogens is 1. The maximum Gasteiger partial charge on any atom is 0.263 e. The molecule has 0 fully saturated rings. The number of nitrogens with one attached hydrogen (secondary N) is 2. The van der Waals surface area contributed by atoms with Crippen molar-refractivity contribution >= 4 is 42.1 Å². The van der Waals surface area contributed by atoms with Gasteiger partial charge in [-0.2, -0.15) is 0 Å². The van der Waals surface area contributed by atoms with E-state index in [0.717, 1.165) is 17.1 Å². The minimum Gasteiger partial charge on any atom is -0.350 e. The van der Waals surface area contributed by atoms with Gasteiger partial charge in [0.05, 0.1) is 6.20 Å². The van der Waals surface area contributed by atoms with Crippen LogP contribution in [-0.2, 0) is 0 Å². The summed E-state index contributed by atoms with van der Waals surface area (Å²) >= 11 is 1.42. The van der Waals surface area contributed by atoms with Gasteiger partial charge in [0.1, 0.15) is 9.88 Å². The number of likely N-dealkylation sites (N-methyl/N-ethyl adjacent to an activating group) is 1. The second-order valence-electron chi connectivity index (χ2n) is 4.56. The predicted octanol–water partition coefficient (Wildman–Crippen LogP) is 3.38. The minimum atomic E-state index is -0.0607. The lowest BCUT2D eigenvalue weighted by atomic mass is 10.2. The standard InChI is InChI=1S/C15H19N3OS.2ClH/c1-3-16-11(2)9-17-14(19)13-10-18-15(20-13)12-7-5-4-6-8-12;;/h4-8,10-11,16H,3,9H2,1-2H3,(H,17,19);2*1H/t11-;;/m1../s1. The lowest BCUT2D eigenvalue weighted by Crippen LogP contribution is -2.38. The van der Waals surface area contributed by atoms with E-state index in [2.05, 4.69) is 15.6 Å². The van der Waals surface area contributed by atoms with Crippen LogP contribution in [0.3, 0.4) is 0 Å². The van der Waals surface area contributed by atoms with Crippen molar-refractivity contribution in [3.05, 3.63) is 41.4 Å². The zero-order valence-electron chi connectivity index (χ0n) is 12.5. The molecule has 0 unspecified atom stereocenters. The van der Waals surface area contributed by atoms with Crippen LogP contribution < -0.4 is 10.6 Å². The highest BCUT2D eigenvalue weighted by Gasteiger charge is 2.12. The summed E-state index contributed by atoms with van der Waals surface area (Å²) in [6.07, 6.45) is 1.64. The highest BCUT2D eigenvalue weighted by atomic mass is 35.5. The van der Waals surface area contributed by atoms with Gasteiger partial charge in [-0.25, -0.2) is 4.98 Å². The van der Waals surface area contributed by atoms with Gasteiger partial charge in [0.25, 0.3) is 5.91 Å². The fourth-order valence-electron chi connectivity index (χ4n) is 1.85. The Hall–Kier alpha value is -1.14. The lowest BCUT2D eigenvalue weighted by Gasteiger charge is -2.12. The Bertz CT molecular complexity index is 563. The van der Waals surface area contributed by atoms with Crippen molar-refractivity contribution in [2.75, 3.05) is 13.1 Å². The summed E-state index contributed by atoms with van der Waals surface area (Å²) in [4.78, 5) is 17.0. The van der Waals surface area contributed by atoms with E-state index in [1.165, 1.54) is 11.3 Å². The number of amides is 1. The Morgan fingerprint density at radius 3 is 2.59 bits per heavy atom. The Morgan fingerprint density at radius 1 is 1.27 bits per heavy atom. The number of nitrogens with zero attached hydrogens (tertiary/aromatic N) is 1. The lowest BCUT2D eigenvalue weighted by molar-refractivity contribution is 0.0954. The Kier molecular flexibility index (Phi) is 10.0. The maximum absolute atomic E-state index is 12.0. The first-order valence-corrected chi connectivity index (χ1v) is 7.55. The van der Waals surface area contributed by atoms with E-state index in [0.29, 0.717) is 11.4 Å². The highest BCUT2D eigenvalue weighted by molar-refractivity contribution is 7.16. The molecule has 0 aliphatic carbocycles. The molecule has 1 amide bonds. The van der Waals surface area contributed by atoms with Crippen molar-refractivity contribution in [2.24, 2.45) is 0 Å². The summed E-state index contributed by atoms with van der Waals surface area (Å²) in [5, 5.41) is 7.04. The molecule has 1 atom stereocenters. The average molecular weight is 362 g/mol. The van der Waals surface area contributed by atoms with Crippen LogP contribution in [0, 0.1) is 0 Å². The van der Waals surface area contributed by atoms with Gasteiger partial charge in [-0.3, -0.25) is 4.79 Å². The Morgan fingerprint density at radius 2 is 1.95 bits per heavy atom. The zero-order chi connectivity index (χ0) is 14.4. The van der Waals surface area contributed by atoms with Crippen molar-refractivity contribution < 1.29 is 4.79 Å². The van der Waals surface area contributed by atoms with Gasteiger partial charge in [0.15, 0.2) is 0 Å². The molecular formula is C15H21Cl2N3OS.